The molecule has 2 aliphatic heterocycles. The zero-order valence-corrected chi connectivity index (χ0v) is 16.9. The molecule has 2 saturated heterocycles. The van der Waals surface area contributed by atoms with Crippen LogP contribution in [0.15, 0.2) is 6.20 Å². The van der Waals surface area contributed by atoms with Crippen molar-refractivity contribution in [2.75, 3.05) is 19.6 Å². The number of piperidine rings is 2. The van der Waals surface area contributed by atoms with Crippen LogP contribution in [-0.2, 0) is 18.4 Å². The molecule has 27 heavy (non-hydrogen) atoms. The summed E-state index contributed by atoms with van der Waals surface area (Å²) in [7, 11) is 1.99. The van der Waals surface area contributed by atoms with Gasteiger partial charge in [0.15, 0.2) is 0 Å². The van der Waals surface area contributed by atoms with Crippen molar-refractivity contribution in [3.63, 3.8) is 0 Å². The largest absolute Gasteiger partial charge is 0.393 e. The Morgan fingerprint density at radius 3 is 2.52 bits per heavy atom. The van der Waals surface area contributed by atoms with Gasteiger partial charge in [0.2, 0.25) is 5.91 Å². The lowest BCUT2D eigenvalue weighted by molar-refractivity contribution is -0.143. The Hall–Kier alpha value is -1.40. The number of rotatable bonds is 3. The van der Waals surface area contributed by atoms with E-state index in [1.54, 1.807) is 0 Å². The normalized spacial score (nSPS) is 29.4. The number of likely N-dealkylation sites (tertiary alicyclic amines) is 2. The molecule has 150 valence electrons. The minimum absolute atomic E-state index is 0.158. The summed E-state index contributed by atoms with van der Waals surface area (Å²) in [5.74, 6) is 0.343. The lowest BCUT2D eigenvalue weighted by Gasteiger charge is -2.50. The highest BCUT2D eigenvalue weighted by atomic mass is 16.3. The van der Waals surface area contributed by atoms with Crippen LogP contribution in [0.3, 0.4) is 0 Å². The van der Waals surface area contributed by atoms with Crippen molar-refractivity contribution in [1.82, 2.24) is 19.6 Å². The van der Waals surface area contributed by atoms with E-state index in [4.69, 9.17) is 0 Å². The molecule has 0 unspecified atom stereocenters. The topological polar surface area (TPSA) is 61.6 Å². The standard InChI is InChI=1S/C21H34N4O2/c1-16-17(13-23(2)22-16)14-24-11-9-21(10-12-24)8-7-20(27)25(15-21)18-3-5-19(26)6-4-18/h13,18-19,26H,3-12,14-15H2,1-2H3. The molecule has 0 atom stereocenters. The zero-order chi connectivity index (χ0) is 19.0. The van der Waals surface area contributed by atoms with Crippen LogP contribution in [0.2, 0.25) is 0 Å². The van der Waals surface area contributed by atoms with Crippen molar-refractivity contribution >= 4 is 5.91 Å². The summed E-state index contributed by atoms with van der Waals surface area (Å²) in [5.41, 5.74) is 2.77. The second kappa shape index (κ2) is 7.55. The van der Waals surface area contributed by atoms with E-state index in [0.717, 1.165) is 64.0 Å². The van der Waals surface area contributed by atoms with Crippen LogP contribution in [0.4, 0.5) is 0 Å². The maximum absolute atomic E-state index is 12.6. The Balaban J connectivity index is 1.35. The van der Waals surface area contributed by atoms with Crippen molar-refractivity contribution in [3.05, 3.63) is 17.5 Å². The Labute approximate surface area is 162 Å². The summed E-state index contributed by atoms with van der Waals surface area (Å²) in [4.78, 5) is 17.3. The highest BCUT2D eigenvalue weighted by Gasteiger charge is 2.43. The van der Waals surface area contributed by atoms with Crippen molar-refractivity contribution in [2.24, 2.45) is 12.5 Å². The molecular formula is C21H34N4O2. The number of hydrogen-bond donors (Lipinski definition) is 1. The third-order valence-electron chi connectivity index (χ3n) is 7.23. The molecule has 1 aromatic heterocycles. The van der Waals surface area contributed by atoms with E-state index < -0.39 is 0 Å². The van der Waals surface area contributed by atoms with Gasteiger partial charge in [-0.25, -0.2) is 0 Å². The van der Waals surface area contributed by atoms with Crippen LogP contribution >= 0.6 is 0 Å². The van der Waals surface area contributed by atoms with Crippen molar-refractivity contribution in [1.29, 1.82) is 0 Å². The fourth-order valence-corrected chi connectivity index (χ4v) is 5.39. The molecule has 0 radical (unpaired) electrons. The number of aliphatic hydroxyl groups excluding tert-OH is 1. The van der Waals surface area contributed by atoms with Gasteiger partial charge in [0.05, 0.1) is 11.8 Å². The molecule has 6 nitrogen and oxygen atoms in total. The number of aliphatic hydroxyl groups is 1. The highest BCUT2D eigenvalue weighted by Crippen LogP contribution is 2.42. The SMILES string of the molecule is Cc1nn(C)cc1CN1CCC2(CCC(=O)N(C3CCC(O)CC3)C2)CC1. The molecule has 6 heteroatoms. The minimum atomic E-state index is -0.158. The lowest BCUT2D eigenvalue weighted by atomic mass is 9.71. The summed E-state index contributed by atoms with van der Waals surface area (Å²) in [5, 5.41) is 14.3. The van der Waals surface area contributed by atoms with Crippen LogP contribution in [0.5, 0.6) is 0 Å². The van der Waals surface area contributed by atoms with Gasteiger partial charge in [-0.15, -0.1) is 0 Å². The second-order valence-corrected chi connectivity index (χ2v) is 9.17. The smallest absolute Gasteiger partial charge is 0.222 e. The molecular weight excluding hydrogens is 340 g/mol. The van der Waals surface area contributed by atoms with E-state index in [-0.39, 0.29) is 6.10 Å². The third kappa shape index (κ3) is 4.06. The van der Waals surface area contributed by atoms with Gasteiger partial charge < -0.3 is 10.0 Å². The summed E-state index contributed by atoms with van der Waals surface area (Å²) in [6.07, 6.45) is 9.74. The van der Waals surface area contributed by atoms with Crippen molar-refractivity contribution < 1.29 is 9.90 Å². The van der Waals surface area contributed by atoms with Gasteiger partial charge in [0.1, 0.15) is 0 Å². The maximum atomic E-state index is 12.6. The summed E-state index contributed by atoms with van der Waals surface area (Å²) >= 11 is 0. The molecule has 0 aromatic carbocycles. The maximum Gasteiger partial charge on any atom is 0.222 e. The number of aryl methyl sites for hydroxylation is 2. The lowest BCUT2D eigenvalue weighted by Crippen LogP contribution is -2.55. The summed E-state index contributed by atoms with van der Waals surface area (Å²) in [6, 6.07) is 0.356. The van der Waals surface area contributed by atoms with Gasteiger partial charge in [-0.3, -0.25) is 14.4 Å². The molecule has 1 saturated carbocycles. The Morgan fingerprint density at radius 1 is 1.19 bits per heavy atom. The van der Waals surface area contributed by atoms with Gasteiger partial charge >= 0.3 is 0 Å². The van der Waals surface area contributed by atoms with Crippen LogP contribution in [0.1, 0.15) is 62.6 Å². The first kappa shape index (κ1) is 18.9. The first-order chi connectivity index (χ1) is 12.9. The van der Waals surface area contributed by atoms with Gasteiger partial charge in [0, 0.05) is 44.4 Å². The summed E-state index contributed by atoms with van der Waals surface area (Å²) < 4.78 is 1.90. The van der Waals surface area contributed by atoms with E-state index in [1.807, 2.05) is 11.7 Å². The molecule has 3 fully saturated rings. The average Bonchev–Trinajstić information content (AvgIpc) is 2.97. The predicted octanol–water partition coefficient (Wildman–Crippen LogP) is 2.24. The molecule has 3 heterocycles. The number of amides is 1. The van der Waals surface area contributed by atoms with Gasteiger partial charge in [-0.05, 0) is 70.4 Å². The van der Waals surface area contributed by atoms with E-state index in [2.05, 4.69) is 28.0 Å². The quantitative estimate of drug-likeness (QED) is 0.881. The van der Waals surface area contributed by atoms with Crippen molar-refractivity contribution in [2.45, 2.75) is 77.0 Å². The van der Waals surface area contributed by atoms with E-state index in [9.17, 15) is 9.90 Å². The zero-order valence-electron chi connectivity index (χ0n) is 16.9. The van der Waals surface area contributed by atoms with Gasteiger partial charge in [-0.2, -0.15) is 5.10 Å². The monoisotopic (exact) mass is 374 g/mol. The predicted molar refractivity (Wildman–Crippen MR) is 104 cm³/mol. The highest BCUT2D eigenvalue weighted by molar-refractivity contribution is 5.77. The third-order valence-corrected chi connectivity index (χ3v) is 7.23. The van der Waals surface area contributed by atoms with Crippen LogP contribution in [0, 0.1) is 12.3 Å². The Morgan fingerprint density at radius 2 is 1.89 bits per heavy atom. The molecule has 3 aliphatic rings. The molecule has 1 N–H and O–H groups in total. The number of nitrogens with zero attached hydrogens (tertiary/aromatic N) is 4. The van der Waals surface area contributed by atoms with Crippen molar-refractivity contribution in [3.8, 4) is 0 Å². The fraction of sp³-hybridized carbons (Fsp3) is 0.810. The van der Waals surface area contributed by atoms with Gasteiger partial charge in [-0.1, -0.05) is 0 Å². The summed E-state index contributed by atoms with van der Waals surface area (Å²) in [6.45, 7) is 6.23. The first-order valence-electron chi connectivity index (χ1n) is 10.6. The van der Waals surface area contributed by atoms with E-state index >= 15 is 0 Å². The van der Waals surface area contributed by atoms with E-state index in [0.29, 0.717) is 23.8 Å². The van der Waals surface area contributed by atoms with Gasteiger partial charge in [0.25, 0.3) is 0 Å². The van der Waals surface area contributed by atoms with Crippen LogP contribution in [-0.4, -0.2) is 62.4 Å². The van der Waals surface area contributed by atoms with Crippen LogP contribution < -0.4 is 0 Å². The Kier molecular flexibility index (Phi) is 5.30. The van der Waals surface area contributed by atoms with Crippen LogP contribution in [0.25, 0.3) is 0 Å². The number of hydrogen-bond acceptors (Lipinski definition) is 4. The molecule has 1 aromatic rings. The second-order valence-electron chi connectivity index (χ2n) is 9.17. The number of carbonyl (C=O) groups excluding carboxylic acids is 1. The Bertz CT molecular complexity index is 670. The molecule has 1 amide bonds. The number of carbonyl (C=O) groups is 1. The van der Waals surface area contributed by atoms with E-state index in [1.165, 1.54) is 18.4 Å². The molecule has 1 spiro atoms. The molecule has 1 aliphatic carbocycles. The minimum Gasteiger partial charge on any atom is -0.393 e. The molecule has 0 bridgehead atoms. The molecule has 4 rings (SSSR count). The first-order valence-corrected chi connectivity index (χ1v) is 10.6. The fourth-order valence-electron chi connectivity index (χ4n) is 5.39. The average molecular weight is 375 g/mol. The number of aromatic nitrogens is 2.